The summed E-state index contributed by atoms with van der Waals surface area (Å²) >= 11 is 0. The molecule has 0 spiro atoms. The van der Waals surface area contributed by atoms with Gasteiger partial charge in [0.05, 0.1) is 0 Å². The maximum atomic E-state index is 9.25. The standard InChI is InChI=1S/3C3H4O2.Nd/c3*1-2-3(4)5;/h3*2H,1H2,(H,4,5);. The molecule has 0 fully saturated rings. The number of carboxylic acid groups (broad SMARTS) is 3. The van der Waals surface area contributed by atoms with Crippen LogP contribution in [0.15, 0.2) is 38.0 Å². The Morgan fingerprint density at radius 3 is 0.750 bits per heavy atom. The smallest absolute Gasteiger partial charge is 0.327 e. The van der Waals surface area contributed by atoms with E-state index < -0.39 is 17.9 Å². The van der Waals surface area contributed by atoms with Crippen LogP contribution in [0.1, 0.15) is 0 Å². The monoisotopic (exact) mass is 358 g/mol. The van der Waals surface area contributed by atoms with Crippen molar-refractivity contribution in [2.75, 3.05) is 0 Å². The van der Waals surface area contributed by atoms with Crippen molar-refractivity contribution in [3.05, 3.63) is 38.0 Å². The van der Waals surface area contributed by atoms with Gasteiger partial charge in [-0.15, -0.1) is 0 Å². The maximum absolute atomic E-state index is 9.25. The molecule has 6 nitrogen and oxygen atoms in total. The van der Waals surface area contributed by atoms with E-state index in [0.29, 0.717) is 0 Å². The zero-order chi connectivity index (χ0) is 12.9. The first-order chi connectivity index (χ1) is 6.81. The SMILES string of the molecule is C=CC(=O)O.C=CC(=O)O.C=CC(=O)O.[Nd]. The molecule has 88 valence electrons. The number of carboxylic acids is 3. The van der Waals surface area contributed by atoms with Gasteiger partial charge in [-0.2, -0.15) is 0 Å². The molecule has 0 radical (unpaired) electrons. The van der Waals surface area contributed by atoms with E-state index >= 15 is 0 Å². The summed E-state index contributed by atoms with van der Waals surface area (Å²) in [5.74, 6) is -2.94. The van der Waals surface area contributed by atoms with Gasteiger partial charge in [0, 0.05) is 59.1 Å². The van der Waals surface area contributed by atoms with Crippen molar-refractivity contribution in [1.29, 1.82) is 0 Å². The van der Waals surface area contributed by atoms with Gasteiger partial charge in [0.15, 0.2) is 0 Å². The Morgan fingerprint density at radius 2 is 0.750 bits per heavy atom. The fourth-order valence-electron chi connectivity index (χ4n) is 0. The minimum atomic E-state index is -0.981. The van der Waals surface area contributed by atoms with E-state index in [-0.39, 0.29) is 40.8 Å². The molecule has 0 aromatic heterocycles. The summed E-state index contributed by atoms with van der Waals surface area (Å²) in [5.41, 5.74) is 0. The van der Waals surface area contributed by atoms with Crippen LogP contribution in [0.3, 0.4) is 0 Å². The molecule has 0 aliphatic heterocycles. The number of carbonyl (C=O) groups is 3. The number of rotatable bonds is 3. The van der Waals surface area contributed by atoms with Crippen molar-refractivity contribution < 1.29 is 70.5 Å². The number of aliphatic carboxylic acids is 3. The van der Waals surface area contributed by atoms with Crippen molar-refractivity contribution in [1.82, 2.24) is 0 Å². The largest absolute Gasteiger partial charge is 0.478 e. The Morgan fingerprint density at radius 1 is 0.688 bits per heavy atom. The first-order valence-electron chi connectivity index (χ1n) is 3.37. The van der Waals surface area contributed by atoms with Crippen LogP contribution in [-0.4, -0.2) is 33.2 Å². The van der Waals surface area contributed by atoms with Gasteiger partial charge in [-0.25, -0.2) is 14.4 Å². The second-order valence-electron chi connectivity index (χ2n) is 1.63. The Labute approximate surface area is 125 Å². The molecule has 0 aliphatic carbocycles. The molecule has 7 heteroatoms. The summed E-state index contributed by atoms with van der Waals surface area (Å²) in [6, 6.07) is 0. The zero-order valence-corrected chi connectivity index (χ0v) is 11.6. The Balaban J connectivity index is -0.0000000655. The first-order valence-corrected chi connectivity index (χ1v) is 3.37. The van der Waals surface area contributed by atoms with Crippen molar-refractivity contribution in [3.63, 3.8) is 0 Å². The molecule has 0 amide bonds. The summed E-state index contributed by atoms with van der Waals surface area (Å²) in [5, 5.41) is 22.8. The maximum Gasteiger partial charge on any atom is 0.327 e. The van der Waals surface area contributed by atoms with E-state index in [1.807, 2.05) is 0 Å². The average Bonchev–Trinajstić information content (AvgIpc) is 2.19. The van der Waals surface area contributed by atoms with E-state index in [9.17, 15) is 14.4 Å². The molecule has 0 rings (SSSR count). The van der Waals surface area contributed by atoms with Crippen LogP contribution in [0.5, 0.6) is 0 Å². The predicted octanol–water partition coefficient (Wildman–Crippen LogP) is 0.771. The van der Waals surface area contributed by atoms with E-state index in [2.05, 4.69) is 19.7 Å². The van der Waals surface area contributed by atoms with Crippen LogP contribution >= 0.6 is 0 Å². The molecule has 0 aliphatic rings. The van der Waals surface area contributed by atoms with Crippen molar-refractivity contribution in [2.24, 2.45) is 0 Å². The van der Waals surface area contributed by atoms with Crippen LogP contribution in [0.25, 0.3) is 0 Å². The topological polar surface area (TPSA) is 112 Å². The molecule has 3 N–H and O–H groups in total. The fraction of sp³-hybridized carbons (Fsp3) is 0. The Bertz CT molecular complexity index is 216. The molecular weight excluding hydrogens is 348 g/mol. The third kappa shape index (κ3) is 75.1. The third-order valence-corrected chi connectivity index (χ3v) is 0.524. The number of hydrogen-bond acceptors (Lipinski definition) is 3. The van der Waals surface area contributed by atoms with E-state index in [1.165, 1.54) is 0 Å². The molecule has 0 aromatic carbocycles. The van der Waals surface area contributed by atoms with E-state index in [4.69, 9.17) is 15.3 Å². The van der Waals surface area contributed by atoms with Gasteiger partial charge in [-0.3, -0.25) is 0 Å². The van der Waals surface area contributed by atoms with Crippen molar-refractivity contribution in [3.8, 4) is 0 Å². The summed E-state index contributed by atoms with van der Waals surface area (Å²) in [7, 11) is 0. The molecule has 0 bridgehead atoms. The normalized spacial score (nSPS) is 6.00. The summed E-state index contributed by atoms with van der Waals surface area (Å²) in [6.07, 6.45) is 2.50. The molecular formula is C9H12NdO6. The summed E-state index contributed by atoms with van der Waals surface area (Å²) < 4.78 is 0. The molecule has 0 aromatic rings. The molecule has 0 heterocycles. The number of hydrogen-bond donors (Lipinski definition) is 3. The van der Waals surface area contributed by atoms with Gasteiger partial charge in [0.25, 0.3) is 0 Å². The van der Waals surface area contributed by atoms with Crippen molar-refractivity contribution in [2.45, 2.75) is 0 Å². The third-order valence-electron chi connectivity index (χ3n) is 0.524. The summed E-state index contributed by atoms with van der Waals surface area (Å²) in [4.78, 5) is 27.8. The Kier molecular flexibility index (Phi) is 29.7. The minimum absolute atomic E-state index is 0. The Hall–Kier alpha value is -1.02. The molecule has 0 unspecified atom stereocenters. The van der Waals surface area contributed by atoms with Crippen LogP contribution < -0.4 is 0 Å². The van der Waals surface area contributed by atoms with Gasteiger partial charge >= 0.3 is 17.9 Å². The van der Waals surface area contributed by atoms with Gasteiger partial charge in [-0.1, -0.05) is 19.7 Å². The van der Waals surface area contributed by atoms with Crippen LogP contribution in [0, 0.1) is 40.8 Å². The summed E-state index contributed by atoms with van der Waals surface area (Å²) in [6.45, 7) is 8.88. The predicted molar refractivity (Wildman–Crippen MR) is 53.5 cm³/mol. The first kappa shape index (κ1) is 24.3. The zero-order valence-electron chi connectivity index (χ0n) is 8.42. The van der Waals surface area contributed by atoms with Gasteiger partial charge in [0.2, 0.25) is 0 Å². The van der Waals surface area contributed by atoms with E-state index in [1.54, 1.807) is 0 Å². The molecule has 0 saturated heterocycles. The average molecular weight is 360 g/mol. The van der Waals surface area contributed by atoms with Gasteiger partial charge in [0.1, 0.15) is 0 Å². The second kappa shape index (κ2) is 19.5. The van der Waals surface area contributed by atoms with Crippen LogP contribution in [0.4, 0.5) is 0 Å². The fourth-order valence-corrected chi connectivity index (χ4v) is 0. The van der Waals surface area contributed by atoms with Crippen LogP contribution in [0.2, 0.25) is 0 Å². The van der Waals surface area contributed by atoms with Gasteiger partial charge in [-0.05, 0) is 0 Å². The molecule has 16 heavy (non-hydrogen) atoms. The molecule has 0 atom stereocenters. The van der Waals surface area contributed by atoms with Crippen molar-refractivity contribution >= 4 is 17.9 Å². The molecule has 0 saturated carbocycles. The van der Waals surface area contributed by atoms with E-state index in [0.717, 1.165) is 18.2 Å². The minimum Gasteiger partial charge on any atom is -0.478 e. The quantitative estimate of drug-likeness (QED) is 0.641. The second-order valence-corrected chi connectivity index (χ2v) is 1.63. The van der Waals surface area contributed by atoms with Gasteiger partial charge < -0.3 is 15.3 Å². The van der Waals surface area contributed by atoms with Crippen LogP contribution in [-0.2, 0) is 14.4 Å².